The summed E-state index contributed by atoms with van der Waals surface area (Å²) < 4.78 is 0. The maximum atomic E-state index is 12.4. The minimum Gasteiger partial charge on any atom is -0.351 e. The van der Waals surface area contributed by atoms with E-state index in [-0.39, 0.29) is 12.1 Å². The summed E-state index contributed by atoms with van der Waals surface area (Å²) in [5.74, 6) is 0.861. The van der Waals surface area contributed by atoms with E-state index in [0.717, 1.165) is 41.4 Å². The number of urea groups is 1. The second kappa shape index (κ2) is 6.47. The molecule has 2 amide bonds. The molecule has 1 aromatic carbocycles. The first kappa shape index (κ1) is 16.2. The number of rotatable bonds is 3. The molecule has 1 aliphatic rings. The zero-order valence-electron chi connectivity index (χ0n) is 14.6. The Labute approximate surface area is 142 Å². The van der Waals surface area contributed by atoms with Gasteiger partial charge in [0.25, 0.3) is 0 Å². The number of hydrogen-bond donors (Lipinski definition) is 1. The Morgan fingerprint density at radius 3 is 2.38 bits per heavy atom. The largest absolute Gasteiger partial charge is 0.351 e. The summed E-state index contributed by atoms with van der Waals surface area (Å²) in [4.78, 5) is 16.3. The summed E-state index contributed by atoms with van der Waals surface area (Å²) >= 11 is 0. The van der Waals surface area contributed by atoms with E-state index >= 15 is 0 Å². The quantitative estimate of drug-likeness (QED) is 0.942. The van der Waals surface area contributed by atoms with Crippen molar-refractivity contribution in [1.29, 1.82) is 0 Å². The van der Waals surface area contributed by atoms with Crippen molar-refractivity contribution < 1.29 is 4.79 Å². The van der Waals surface area contributed by atoms with Crippen molar-refractivity contribution in [3.63, 3.8) is 0 Å². The lowest BCUT2D eigenvalue weighted by atomic mass is 10.1. The Morgan fingerprint density at radius 2 is 1.79 bits per heavy atom. The second-order valence-corrected chi connectivity index (χ2v) is 6.51. The van der Waals surface area contributed by atoms with E-state index in [0.29, 0.717) is 0 Å². The van der Waals surface area contributed by atoms with Gasteiger partial charge in [-0.05, 0) is 56.2 Å². The van der Waals surface area contributed by atoms with Crippen LogP contribution in [0, 0.1) is 20.8 Å². The van der Waals surface area contributed by atoms with Gasteiger partial charge in [0.15, 0.2) is 5.82 Å². The van der Waals surface area contributed by atoms with Crippen LogP contribution in [0.25, 0.3) is 0 Å². The summed E-state index contributed by atoms with van der Waals surface area (Å²) in [6.07, 6.45) is 0. The molecule has 0 aliphatic carbocycles. The minimum atomic E-state index is -0.0837. The highest BCUT2D eigenvalue weighted by molar-refractivity contribution is 5.89. The summed E-state index contributed by atoms with van der Waals surface area (Å²) in [5.41, 5.74) is 4.02. The van der Waals surface area contributed by atoms with E-state index < -0.39 is 0 Å². The molecule has 6 nitrogen and oxygen atoms in total. The standard InChI is InChI=1S/C18H23N5O/c1-12-7-13(2)9-15(8-12)19-18(24)22(4)16-10-23(11-16)17-6-5-14(3)20-21-17/h5-9,16H,10-11H2,1-4H3,(H,19,24). The molecule has 0 unspecified atom stereocenters. The van der Waals surface area contributed by atoms with Crippen LogP contribution in [0.15, 0.2) is 30.3 Å². The maximum absolute atomic E-state index is 12.4. The molecule has 6 heteroatoms. The molecule has 1 aliphatic heterocycles. The van der Waals surface area contributed by atoms with Crippen molar-refractivity contribution >= 4 is 17.5 Å². The number of nitrogens with one attached hydrogen (secondary N) is 1. The number of carbonyl (C=O) groups excluding carboxylic acids is 1. The van der Waals surface area contributed by atoms with E-state index in [9.17, 15) is 4.79 Å². The number of nitrogens with zero attached hydrogens (tertiary/aromatic N) is 4. The van der Waals surface area contributed by atoms with Crippen LogP contribution in [0.4, 0.5) is 16.3 Å². The van der Waals surface area contributed by atoms with Crippen LogP contribution in [-0.4, -0.2) is 47.3 Å². The van der Waals surface area contributed by atoms with Gasteiger partial charge in [0.1, 0.15) is 0 Å². The van der Waals surface area contributed by atoms with E-state index in [4.69, 9.17) is 0 Å². The van der Waals surface area contributed by atoms with Gasteiger partial charge in [0, 0.05) is 25.8 Å². The van der Waals surface area contributed by atoms with Crippen LogP contribution in [0.2, 0.25) is 0 Å². The molecule has 0 spiro atoms. The third kappa shape index (κ3) is 3.48. The van der Waals surface area contributed by atoms with E-state index in [2.05, 4.69) is 26.5 Å². The van der Waals surface area contributed by atoms with Crippen molar-refractivity contribution in [2.75, 3.05) is 30.4 Å². The number of likely N-dealkylation sites (N-methyl/N-ethyl adjacent to an activating group) is 1. The average molecular weight is 325 g/mol. The van der Waals surface area contributed by atoms with Crippen molar-refractivity contribution in [3.05, 3.63) is 47.2 Å². The average Bonchev–Trinajstić information content (AvgIpc) is 2.46. The summed E-state index contributed by atoms with van der Waals surface area (Å²) in [6.45, 7) is 7.52. The molecule has 126 valence electrons. The minimum absolute atomic E-state index is 0.0837. The molecule has 0 radical (unpaired) electrons. The van der Waals surface area contributed by atoms with Crippen LogP contribution < -0.4 is 10.2 Å². The number of carbonyl (C=O) groups is 1. The van der Waals surface area contributed by atoms with Crippen LogP contribution in [0.5, 0.6) is 0 Å². The number of anilines is 2. The lowest BCUT2D eigenvalue weighted by Gasteiger charge is -2.44. The van der Waals surface area contributed by atoms with E-state index in [1.54, 1.807) is 4.90 Å². The summed E-state index contributed by atoms with van der Waals surface area (Å²) in [7, 11) is 1.83. The van der Waals surface area contributed by atoms with Crippen molar-refractivity contribution in [3.8, 4) is 0 Å². The normalized spacial score (nSPS) is 14.2. The highest BCUT2D eigenvalue weighted by Gasteiger charge is 2.33. The van der Waals surface area contributed by atoms with Gasteiger partial charge in [-0.2, -0.15) is 5.10 Å². The Hall–Kier alpha value is -2.63. The molecule has 24 heavy (non-hydrogen) atoms. The number of hydrogen-bond acceptors (Lipinski definition) is 4. The predicted molar refractivity (Wildman–Crippen MR) is 95.5 cm³/mol. The fourth-order valence-corrected chi connectivity index (χ4v) is 2.87. The maximum Gasteiger partial charge on any atom is 0.321 e. The number of benzene rings is 1. The second-order valence-electron chi connectivity index (χ2n) is 6.51. The first-order valence-corrected chi connectivity index (χ1v) is 8.10. The zero-order valence-corrected chi connectivity index (χ0v) is 14.6. The van der Waals surface area contributed by atoms with Crippen LogP contribution in [0.3, 0.4) is 0 Å². The van der Waals surface area contributed by atoms with Crippen molar-refractivity contribution in [1.82, 2.24) is 15.1 Å². The Balaban J connectivity index is 1.56. The molecule has 1 saturated heterocycles. The van der Waals surface area contributed by atoms with E-state index in [1.807, 2.05) is 52.1 Å². The molecule has 2 heterocycles. The van der Waals surface area contributed by atoms with E-state index in [1.165, 1.54) is 0 Å². The van der Waals surface area contributed by atoms with Gasteiger partial charge in [-0.3, -0.25) is 0 Å². The first-order chi connectivity index (χ1) is 11.4. The van der Waals surface area contributed by atoms with Crippen LogP contribution in [0.1, 0.15) is 16.8 Å². The fraction of sp³-hybridized carbons (Fsp3) is 0.389. The molecular weight excluding hydrogens is 302 g/mol. The Morgan fingerprint density at radius 1 is 1.12 bits per heavy atom. The molecule has 3 rings (SSSR count). The van der Waals surface area contributed by atoms with Gasteiger partial charge in [-0.15, -0.1) is 5.10 Å². The van der Waals surface area contributed by atoms with Crippen molar-refractivity contribution in [2.45, 2.75) is 26.8 Å². The van der Waals surface area contributed by atoms with Gasteiger partial charge in [0.2, 0.25) is 0 Å². The number of amides is 2. The van der Waals surface area contributed by atoms with Crippen molar-refractivity contribution in [2.24, 2.45) is 0 Å². The summed E-state index contributed by atoms with van der Waals surface area (Å²) in [5, 5.41) is 11.2. The molecule has 1 N–H and O–H groups in total. The third-order valence-electron chi connectivity index (χ3n) is 4.31. The topological polar surface area (TPSA) is 61.4 Å². The highest BCUT2D eigenvalue weighted by Crippen LogP contribution is 2.21. The lowest BCUT2D eigenvalue weighted by molar-refractivity contribution is 0.191. The lowest BCUT2D eigenvalue weighted by Crippen LogP contribution is -2.60. The van der Waals surface area contributed by atoms with Gasteiger partial charge in [-0.1, -0.05) is 6.07 Å². The first-order valence-electron chi connectivity index (χ1n) is 8.10. The number of aryl methyl sites for hydroxylation is 3. The zero-order chi connectivity index (χ0) is 17.3. The monoisotopic (exact) mass is 325 g/mol. The molecule has 0 atom stereocenters. The molecule has 0 saturated carbocycles. The molecule has 0 bridgehead atoms. The smallest absolute Gasteiger partial charge is 0.321 e. The Bertz CT molecular complexity index is 717. The number of aromatic nitrogens is 2. The predicted octanol–water partition coefficient (Wildman–Crippen LogP) is 2.75. The van der Waals surface area contributed by atoms with Crippen LogP contribution in [-0.2, 0) is 0 Å². The fourth-order valence-electron chi connectivity index (χ4n) is 2.87. The Kier molecular flexibility index (Phi) is 4.38. The third-order valence-corrected chi connectivity index (χ3v) is 4.31. The molecule has 1 fully saturated rings. The highest BCUT2D eigenvalue weighted by atomic mass is 16.2. The molecule has 1 aromatic heterocycles. The van der Waals surface area contributed by atoms with Gasteiger partial charge >= 0.3 is 6.03 Å². The molecule has 2 aromatic rings. The van der Waals surface area contributed by atoms with Gasteiger partial charge in [0.05, 0.1) is 11.7 Å². The molecular formula is C18H23N5O. The SMILES string of the molecule is Cc1cc(C)cc(NC(=O)N(C)C2CN(c3ccc(C)nn3)C2)c1. The van der Waals surface area contributed by atoms with Gasteiger partial charge < -0.3 is 15.1 Å². The van der Waals surface area contributed by atoms with Crippen LogP contribution >= 0.6 is 0 Å². The van der Waals surface area contributed by atoms with Gasteiger partial charge in [-0.25, -0.2) is 4.79 Å². The summed E-state index contributed by atoms with van der Waals surface area (Å²) in [6, 6.07) is 10.1.